The average molecular weight is 200 g/mol. The van der Waals surface area contributed by atoms with Crippen LogP contribution < -0.4 is 11.5 Å². The van der Waals surface area contributed by atoms with E-state index in [1.807, 2.05) is 24.3 Å². The van der Waals surface area contributed by atoms with E-state index in [4.69, 9.17) is 11.5 Å². The molecule has 2 aromatic rings. The molecule has 15 heavy (non-hydrogen) atoms. The highest BCUT2D eigenvalue weighted by Crippen LogP contribution is 2.19. The van der Waals surface area contributed by atoms with Crippen molar-refractivity contribution in [3.05, 3.63) is 47.5 Å². The van der Waals surface area contributed by atoms with Crippen molar-refractivity contribution in [3.63, 3.8) is 0 Å². The van der Waals surface area contributed by atoms with Crippen LogP contribution in [-0.2, 0) is 6.54 Å². The first kappa shape index (κ1) is 9.68. The van der Waals surface area contributed by atoms with Gasteiger partial charge in [0.1, 0.15) is 0 Å². The largest absolute Gasteiger partial charge is 0.366 e. The molecule has 0 spiro atoms. The molecule has 76 valence electrons. The molecule has 0 aliphatic heterocycles. The molecule has 0 heterocycles. The van der Waals surface area contributed by atoms with Crippen LogP contribution in [0.1, 0.15) is 15.9 Å². The third kappa shape index (κ3) is 1.69. The van der Waals surface area contributed by atoms with Crippen molar-refractivity contribution in [1.29, 1.82) is 0 Å². The summed E-state index contributed by atoms with van der Waals surface area (Å²) in [6, 6.07) is 11.3. The molecule has 0 aliphatic carbocycles. The van der Waals surface area contributed by atoms with E-state index in [1.165, 1.54) is 0 Å². The number of hydrogen-bond acceptors (Lipinski definition) is 2. The number of rotatable bonds is 2. The number of carbonyl (C=O) groups excluding carboxylic acids is 1. The molecular formula is C12H12N2O. The molecule has 2 rings (SSSR count). The molecule has 0 aliphatic rings. The monoisotopic (exact) mass is 200 g/mol. The number of primary amides is 1. The summed E-state index contributed by atoms with van der Waals surface area (Å²) in [5.41, 5.74) is 12.4. The number of hydrogen-bond donors (Lipinski definition) is 2. The van der Waals surface area contributed by atoms with Crippen LogP contribution in [0.4, 0.5) is 0 Å². The molecule has 0 aromatic heterocycles. The van der Waals surface area contributed by atoms with Crippen LogP contribution in [-0.4, -0.2) is 5.91 Å². The lowest BCUT2D eigenvalue weighted by Crippen LogP contribution is -2.10. The quantitative estimate of drug-likeness (QED) is 0.769. The van der Waals surface area contributed by atoms with Crippen molar-refractivity contribution in [2.75, 3.05) is 0 Å². The number of carbonyl (C=O) groups is 1. The highest BCUT2D eigenvalue weighted by Gasteiger charge is 2.03. The van der Waals surface area contributed by atoms with E-state index < -0.39 is 5.91 Å². The normalized spacial score (nSPS) is 10.5. The van der Waals surface area contributed by atoms with Gasteiger partial charge in [0.2, 0.25) is 5.91 Å². The van der Waals surface area contributed by atoms with E-state index >= 15 is 0 Å². The SMILES string of the molecule is NCc1cccc2ccc(C(N)=O)cc12. The third-order valence-electron chi connectivity index (χ3n) is 2.48. The van der Waals surface area contributed by atoms with Gasteiger partial charge in [-0.05, 0) is 28.5 Å². The summed E-state index contributed by atoms with van der Waals surface area (Å²) in [7, 11) is 0. The summed E-state index contributed by atoms with van der Waals surface area (Å²) in [6.45, 7) is 0.458. The Balaban J connectivity index is 2.72. The van der Waals surface area contributed by atoms with Gasteiger partial charge in [0.05, 0.1) is 0 Å². The van der Waals surface area contributed by atoms with E-state index in [-0.39, 0.29) is 0 Å². The zero-order valence-electron chi connectivity index (χ0n) is 8.23. The maximum atomic E-state index is 11.0. The highest BCUT2D eigenvalue weighted by atomic mass is 16.1. The first-order valence-electron chi connectivity index (χ1n) is 4.74. The molecule has 2 aromatic carbocycles. The summed E-state index contributed by atoms with van der Waals surface area (Å²) in [5, 5.41) is 2.07. The van der Waals surface area contributed by atoms with E-state index in [0.717, 1.165) is 16.3 Å². The van der Waals surface area contributed by atoms with Crippen LogP contribution in [0.2, 0.25) is 0 Å². The van der Waals surface area contributed by atoms with Crippen LogP contribution in [0.5, 0.6) is 0 Å². The Hall–Kier alpha value is -1.87. The molecule has 0 bridgehead atoms. The second kappa shape index (κ2) is 3.71. The Labute approximate surface area is 87.7 Å². The minimum atomic E-state index is -0.413. The molecular weight excluding hydrogens is 188 g/mol. The van der Waals surface area contributed by atoms with Gasteiger partial charge < -0.3 is 11.5 Å². The number of amides is 1. The first-order chi connectivity index (χ1) is 7.22. The average Bonchev–Trinajstić information content (AvgIpc) is 2.27. The lowest BCUT2D eigenvalue weighted by Gasteiger charge is -2.05. The maximum Gasteiger partial charge on any atom is 0.248 e. The van der Waals surface area contributed by atoms with Crippen molar-refractivity contribution >= 4 is 16.7 Å². The van der Waals surface area contributed by atoms with Crippen molar-refractivity contribution in [2.24, 2.45) is 11.5 Å². The number of fused-ring (bicyclic) bond motifs is 1. The van der Waals surface area contributed by atoms with Crippen molar-refractivity contribution < 1.29 is 4.79 Å². The Morgan fingerprint density at radius 3 is 2.67 bits per heavy atom. The van der Waals surface area contributed by atoms with Gasteiger partial charge >= 0.3 is 0 Å². The van der Waals surface area contributed by atoms with Gasteiger partial charge in [0.25, 0.3) is 0 Å². The summed E-state index contributed by atoms with van der Waals surface area (Å²) >= 11 is 0. The van der Waals surface area contributed by atoms with Crippen LogP contribution in [0.25, 0.3) is 10.8 Å². The van der Waals surface area contributed by atoms with Gasteiger partial charge in [-0.2, -0.15) is 0 Å². The second-order valence-electron chi connectivity index (χ2n) is 3.42. The standard InChI is InChI=1S/C12H12N2O/c13-7-10-3-1-2-8-4-5-9(12(14)15)6-11(8)10/h1-6H,7,13H2,(H2,14,15). The third-order valence-corrected chi connectivity index (χ3v) is 2.48. The summed E-state index contributed by atoms with van der Waals surface area (Å²) in [5.74, 6) is -0.413. The predicted molar refractivity (Wildman–Crippen MR) is 60.4 cm³/mol. The van der Waals surface area contributed by atoms with Gasteiger partial charge in [0.15, 0.2) is 0 Å². The zero-order chi connectivity index (χ0) is 10.8. The molecule has 0 unspecified atom stereocenters. The smallest absolute Gasteiger partial charge is 0.248 e. The highest BCUT2D eigenvalue weighted by molar-refractivity contribution is 5.98. The molecule has 3 nitrogen and oxygen atoms in total. The second-order valence-corrected chi connectivity index (χ2v) is 3.42. The number of benzene rings is 2. The molecule has 0 atom stereocenters. The van der Waals surface area contributed by atoms with E-state index in [0.29, 0.717) is 12.1 Å². The van der Waals surface area contributed by atoms with Crippen LogP contribution in [0, 0.1) is 0 Å². The van der Waals surface area contributed by atoms with Crippen molar-refractivity contribution in [2.45, 2.75) is 6.54 Å². The molecule has 3 heteroatoms. The van der Waals surface area contributed by atoms with Gasteiger partial charge in [-0.1, -0.05) is 24.3 Å². The van der Waals surface area contributed by atoms with Crippen molar-refractivity contribution in [1.82, 2.24) is 0 Å². The van der Waals surface area contributed by atoms with E-state index in [1.54, 1.807) is 12.1 Å². The van der Waals surface area contributed by atoms with Gasteiger partial charge in [-0.15, -0.1) is 0 Å². The van der Waals surface area contributed by atoms with Crippen LogP contribution in [0.15, 0.2) is 36.4 Å². The van der Waals surface area contributed by atoms with Gasteiger partial charge in [0, 0.05) is 12.1 Å². The lowest BCUT2D eigenvalue weighted by molar-refractivity contribution is 0.100. The maximum absolute atomic E-state index is 11.0. The molecule has 0 saturated carbocycles. The molecule has 0 saturated heterocycles. The fourth-order valence-electron chi connectivity index (χ4n) is 1.67. The van der Waals surface area contributed by atoms with Crippen molar-refractivity contribution in [3.8, 4) is 0 Å². The van der Waals surface area contributed by atoms with Gasteiger partial charge in [-0.3, -0.25) is 4.79 Å². The molecule has 0 radical (unpaired) electrons. The fraction of sp³-hybridized carbons (Fsp3) is 0.0833. The van der Waals surface area contributed by atoms with E-state index in [9.17, 15) is 4.79 Å². The topological polar surface area (TPSA) is 69.1 Å². The number of nitrogens with two attached hydrogens (primary N) is 2. The Morgan fingerprint density at radius 2 is 2.00 bits per heavy atom. The summed E-state index contributed by atoms with van der Waals surface area (Å²) in [4.78, 5) is 11.0. The fourth-order valence-corrected chi connectivity index (χ4v) is 1.67. The lowest BCUT2D eigenvalue weighted by atomic mass is 10.0. The molecule has 4 N–H and O–H groups in total. The summed E-state index contributed by atoms with van der Waals surface area (Å²) in [6.07, 6.45) is 0. The summed E-state index contributed by atoms with van der Waals surface area (Å²) < 4.78 is 0. The van der Waals surface area contributed by atoms with Gasteiger partial charge in [-0.25, -0.2) is 0 Å². The molecule has 1 amide bonds. The predicted octanol–water partition coefficient (Wildman–Crippen LogP) is 1.40. The minimum Gasteiger partial charge on any atom is -0.366 e. The van der Waals surface area contributed by atoms with Crippen LogP contribution in [0.3, 0.4) is 0 Å². The van der Waals surface area contributed by atoms with E-state index in [2.05, 4.69) is 0 Å². The molecule has 0 fully saturated rings. The zero-order valence-corrected chi connectivity index (χ0v) is 8.23. The minimum absolute atomic E-state index is 0.413. The Morgan fingerprint density at radius 1 is 1.20 bits per heavy atom. The Kier molecular flexibility index (Phi) is 2.39. The first-order valence-corrected chi connectivity index (χ1v) is 4.74. The van der Waals surface area contributed by atoms with Crippen LogP contribution >= 0.6 is 0 Å². The Bertz CT molecular complexity index is 520.